The first-order valence-electron chi connectivity index (χ1n) is 8.21. The van der Waals surface area contributed by atoms with Crippen LogP contribution >= 0.6 is 0 Å². The molecule has 0 bridgehead atoms. The van der Waals surface area contributed by atoms with Crippen molar-refractivity contribution in [1.29, 1.82) is 0 Å². The van der Waals surface area contributed by atoms with Crippen LogP contribution in [-0.2, 0) is 18.9 Å². The average molecular weight is 383 g/mol. The second-order valence-corrected chi connectivity index (χ2v) is 5.98. The molecule has 1 aromatic heterocycles. The zero-order valence-corrected chi connectivity index (χ0v) is 15.2. The topological polar surface area (TPSA) is 109 Å². The Hall–Kier alpha value is -2.79. The van der Waals surface area contributed by atoms with E-state index in [1.165, 1.54) is 16.9 Å². The Morgan fingerprint density at radius 3 is 2.78 bits per heavy atom. The van der Waals surface area contributed by atoms with Crippen molar-refractivity contribution in [2.75, 3.05) is 52.9 Å². The predicted octanol–water partition coefficient (Wildman–Crippen LogP) is -0.637. The molecular formula is C16H21N3O8. The largest absolute Gasteiger partial charge is 0.510 e. The van der Waals surface area contributed by atoms with Crippen LogP contribution in [-0.4, -0.2) is 81.7 Å². The van der Waals surface area contributed by atoms with Gasteiger partial charge in [0, 0.05) is 26.4 Å². The van der Waals surface area contributed by atoms with Crippen LogP contribution in [0.2, 0.25) is 0 Å². The first kappa shape index (κ1) is 19.0. The summed E-state index contributed by atoms with van der Waals surface area (Å²) in [6, 6.07) is 0.958. The van der Waals surface area contributed by atoms with Gasteiger partial charge in [0.05, 0.1) is 33.0 Å². The molecule has 2 aliphatic heterocycles. The third kappa shape index (κ3) is 3.43. The minimum atomic E-state index is -0.961. The van der Waals surface area contributed by atoms with Gasteiger partial charge in [-0.25, -0.2) is 4.79 Å². The summed E-state index contributed by atoms with van der Waals surface area (Å²) >= 11 is 0. The van der Waals surface area contributed by atoms with Crippen LogP contribution in [0.1, 0.15) is 10.5 Å². The van der Waals surface area contributed by atoms with E-state index in [1.807, 2.05) is 0 Å². The summed E-state index contributed by atoms with van der Waals surface area (Å²) in [5.74, 6) is -0.603. The van der Waals surface area contributed by atoms with E-state index in [1.54, 1.807) is 24.1 Å². The lowest BCUT2D eigenvalue weighted by Crippen LogP contribution is -2.68. The smallest absolute Gasteiger partial charge is 0.451 e. The second-order valence-electron chi connectivity index (χ2n) is 5.98. The highest BCUT2D eigenvalue weighted by Gasteiger charge is 2.44. The Balaban J connectivity index is 1.97. The number of methoxy groups -OCH3 is 2. The quantitative estimate of drug-likeness (QED) is 0.484. The highest BCUT2D eigenvalue weighted by molar-refractivity contribution is 5.96. The summed E-state index contributed by atoms with van der Waals surface area (Å²) in [7, 11) is 4.46. The van der Waals surface area contributed by atoms with Crippen LogP contribution < -0.4 is 15.2 Å². The third-order valence-corrected chi connectivity index (χ3v) is 4.44. The minimum absolute atomic E-state index is 0.0396. The highest BCUT2D eigenvalue weighted by atomic mass is 16.8. The van der Waals surface area contributed by atoms with Crippen molar-refractivity contribution in [3.63, 3.8) is 0 Å². The lowest BCUT2D eigenvalue weighted by Gasteiger charge is -2.50. The van der Waals surface area contributed by atoms with E-state index >= 15 is 0 Å². The van der Waals surface area contributed by atoms with E-state index in [9.17, 15) is 14.4 Å². The molecule has 1 saturated heterocycles. The number of likely N-dealkylation sites (N-methyl/N-ethyl adjacent to an activating group) is 1. The molecule has 2 unspecified atom stereocenters. The van der Waals surface area contributed by atoms with Crippen LogP contribution in [0.3, 0.4) is 0 Å². The number of morpholine rings is 1. The van der Waals surface area contributed by atoms with E-state index < -0.39 is 24.3 Å². The number of carbonyl (C=O) groups is 2. The molecule has 0 radical (unpaired) electrons. The summed E-state index contributed by atoms with van der Waals surface area (Å²) in [6.45, 7) is 0.358. The molecule has 0 N–H and O–H groups in total. The zero-order chi connectivity index (χ0) is 19.6. The normalized spacial score (nSPS) is 21.4. The van der Waals surface area contributed by atoms with Gasteiger partial charge < -0.3 is 28.6 Å². The van der Waals surface area contributed by atoms with Crippen molar-refractivity contribution >= 4 is 12.1 Å². The summed E-state index contributed by atoms with van der Waals surface area (Å²) in [4.78, 5) is 38.2. The number of fused-ring (bicyclic) bond motifs is 2. The number of carbonyl (C=O) groups excluding carboxylic acids is 2. The minimum Gasteiger partial charge on any atom is -0.451 e. The van der Waals surface area contributed by atoms with E-state index in [-0.39, 0.29) is 30.3 Å². The van der Waals surface area contributed by atoms with Crippen molar-refractivity contribution in [3.8, 4) is 5.75 Å². The molecule has 0 aromatic carbocycles. The number of rotatable bonds is 5. The molecule has 27 heavy (non-hydrogen) atoms. The Morgan fingerprint density at radius 2 is 2.07 bits per heavy atom. The van der Waals surface area contributed by atoms with Crippen molar-refractivity contribution in [3.05, 3.63) is 28.2 Å². The molecular weight excluding hydrogens is 362 g/mol. The fourth-order valence-electron chi connectivity index (χ4n) is 3.19. The van der Waals surface area contributed by atoms with Crippen LogP contribution in [0.5, 0.6) is 5.75 Å². The predicted molar refractivity (Wildman–Crippen MR) is 90.3 cm³/mol. The van der Waals surface area contributed by atoms with Gasteiger partial charge in [0.2, 0.25) is 18.0 Å². The Kier molecular flexibility index (Phi) is 5.51. The van der Waals surface area contributed by atoms with E-state index in [4.69, 9.17) is 14.2 Å². The maximum absolute atomic E-state index is 13.2. The number of hydrogen-bond acceptors (Lipinski definition) is 9. The Morgan fingerprint density at radius 1 is 1.30 bits per heavy atom. The van der Waals surface area contributed by atoms with Crippen molar-refractivity contribution < 1.29 is 33.3 Å². The molecule has 0 saturated carbocycles. The van der Waals surface area contributed by atoms with Crippen molar-refractivity contribution in [2.45, 2.75) is 12.2 Å². The van der Waals surface area contributed by atoms with Crippen molar-refractivity contribution in [1.82, 2.24) is 9.58 Å². The molecule has 3 heterocycles. The van der Waals surface area contributed by atoms with E-state index in [0.717, 1.165) is 7.11 Å². The molecule has 1 amide bonds. The van der Waals surface area contributed by atoms with Crippen molar-refractivity contribution in [2.24, 2.45) is 0 Å². The van der Waals surface area contributed by atoms with Gasteiger partial charge in [0.1, 0.15) is 6.17 Å². The molecule has 1 fully saturated rings. The van der Waals surface area contributed by atoms with Crippen LogP contribution in [0, 0.1) is 0 Å². The molecule has 11 nitrogen and oxygen atoms in total. The summed E-state index contributed by atoms with van der Waals surface area (Å²) in [5.41, 5.74) is -0.468. The molecule has 2 atom stereocenters. The zero-order valence-electron chi connectivity index (χ0n) is 15.2. The van der Waals surface area contributed by atoms with Crippen LogP contribution in [0.15, 0.2) is 17.1 Å². The molecule has 0 spiro atoms. The molecule has 1 aromatic rings. The lowest BCUT2D eigenvalue weighted by molar-refractivity contribution is -0.0659. The third-order valence-electron chi connectivity index (χ3n) is 4.44. The van der Waals surface area contributed by atoms with E-state index in [0.29, 0.717) is 13.2 Å². The van der Waals surface area contributed by atoms with Gasteiger partial charge in [-0.2, -0.15) is 0 Å². The second kappa shape index (κ2) is 7.84. The van der Waals surface area contributed by atoms with Gasteiger partial charge >= 0.3 is 6.16 Å². The first-order valence-corrected chi connectivity index (χ1v) is 8.21. The summed E-state index contributed by atoms with van der Waals surface area (Å²) in [5, 5.41) is 1.77. The van der Waals surface area contributed by atoms with Gasteiger partial charge in [0.15, 0.2) is 5.69 Å². The van der Waals surface area contributed by atoms with Gasteiger partial charge in [0.25, 0.3) is 5.91 Å². The van der Waals surface area contributed by atoms with Gasteiger partial charge in [-0.05, 0) is 0 Å². The van der Waals surface area contributed by atoms with Crippen LogP contribution in [0.25, 0.3) is 0 Å². The molecule has 11 heteroatoms. The number of nitrogens with zero attached hydrogens (tertiary/aromatic N) is 3. The fourth-order valence-corrected chi connectivity index (χ4v) is 3.19. The molecule has 148 valence electrons. The maximum atomic E-state index is 13.2. The monoisotopic (exact) mass is 383 g/mol. The number of hydrogen-bond donors (Lipinski definition) is 0. The van der Waals surface area contributed by atoms with E-state index in [2.05, 4.69) is 9.47 Å². The fraction of sp³-hybridized carbons (Fsp3) is 0.562. The average Bonchev–Trinajstić information content (AvgIpc) is 2.67. The number of ether oxygens (including phenoxy) is 5. The number of aromatic nitrogens is 1. The first-order chi connectivity index (χ1) is 13.0. The van der Waals surface area contributed by atoms with Gasteiger partial charge in [-0.1, -0.05) is 0 Å². The summed E-state index contributed by atoms with van der Waals surface area (Å²) < 4.78 is 26.6. The molecule has 2 aliphatic rings. The highest BCUT2D eigenvalue weighted by Crippen LogP contribution is 2.28. The lowest BCUT2D eigenvalue weighted by atomic mass is 10.1. The standard InChI is InChI=1S/C16H21N3O8/c1-17-12-8-25-7-10(6-23-2)19(12)15(21)13-14(11(20)4-5-18(13)17)26-9-27-16(22)24-3/h4-5,10,12H,6-9H2,1-3H3. The Bertz CT molecular complexity index is 777. The number of pyridine rings is 1. The van der Waals surface area contributed by atoms with Crippen LogP contribution in [0.4, 0.5) is 4.79 Å². The summed E-state index contributed by atoms with van der Waals surface area (Å²) in [6.07, 6.45) is 0.165. The van der Waals surface area contributed by atoms with Gasteiger partial charge in [-0.15, -0.1) is 0 Å². The Labute approximate surface area is 154 Å². The maximum Gasteiger partial charge on any atom is 0.510 e. The van der Waals surface area contributed by atoms with Gasteiger partial charge in [-0.3, -0.25) is 19.3 Å². The SMILES string of the molecule is COCC1COCC2N1C(=O)c1c(OCOC(=O)OC)c(=O)ccn1N2C. The number of amides is 1. The molecule has 0 aliphatic carbocycles. The molecule has 3 rings (SSSR count).